The zero-order valence-electron chi connectivity index (χ0n) is 75.4. The topological polar surface area (TPSA) is 44.8 Å². The van der Waals surface area contributed by atoms with Crippen LogP contribution in [0, 0.1) is 43.3 Å². The first-order valence-corrected chi connectivity index (χ1v) is 41.9. The molecule has 0 saturated heterocycles. The van der Waals surface area contributed by atoms with Crippen molar-refractivity contribution in [1.29, 1.82) is 0 Å². The zero-order chi connectivity index (χ0) is 80.6. The molecule has 0 amide bonds. The highest BCUT2D eigenvalue weighted by Gasteiger charge is 2.17. The van der Waals surface area contributed by atoms with Gasteiger partial charge >= 0.3 is 5.97 Å². The molecule has 7 heteroatoms. The van der Waals surface area contributed by atoms with Crippen LogP contribution in [0.3, 0.4) is 0 Å². The van der Waals surface area contributed by atoms with E-state index >= 15 is 0 Å². The van der Waals surface area contributed by atoms with Crippen molar-refractivity contribution in [2.24, 2.45) is 43.3 Å². The van der Waals surface area contributed by atoms with Crippen molar-refractivity contribution >= 4 is 41.3 Å². The van der Waals surface area contributed by atoms with Gasteiger partial charge in [-0.05, 0) is 222 Å². The Hall–Kier alpha value is -3.00. The predicted molar refractivity (Wildman–Crippen MR) is 472 cm³/mol. The molecule has 0 aromatic heterocycles. The lowest BCUT2D eigenvalue weighted by molar-refractivity contribution is -0.154. The molecule has 0 radical (unpaired) electrons. The van der Waals surface area contributed by atoms with E-state index in [1.807, 2.05) is 44.7 Å². The van der Waals surface area contributed by atoms with Gasteiger partial charge in [0, 0.05) is 5.75 Å². The van der Waals surface area contributed by atoms with E-state index in [0.29, 0.717) is 60.6 Å². The molecule has 0 spiro atoms. The summed E-state index contributed by atoms with van der Waals surface area (Å²) in [5.74, 6) is 8.83. The third-order valence-corrected chi connectivity index (χ3v) is 14.6. The number of aryl methyl sites for hydroxylation is 2. The Morgan fingerprint density at radius 2 is 0.554 bits per heavy atom. The van der Waals surface area contributed by atoms with Gasteiger partial charge in [0.25, 0.3) is 0 Å². The van der Waals surface area contributed by atoms with Crippen molar-refractivity contribution in [3.63, 3.8) is 0 Å². The third-order valence-electron chi connectivity index (χ3n) is 11.4. The summed E-state index contributed by atoms with van der Waals surface area (Å²) in [6.07, 6.45) is 10.6. The molecule has 0 atom stereocenters. The zero-order valence-corrected chi connectivity index (χ0v) is 77.8. The Balaban J connectivity index is -0.000000261. The van der Waals surface area contributed by atoms with Crippen LogP contribution in [0.25, 0.3) is 0 Å². The summed E-state index contributed by atoms with van der Waals surface area (Å²) >= 11 is 5.99. The highest BCUT2D eigenvalue weighted by molar-refractivity contribution is 7.99. The Morgan fingerprint density at radius 3 is 0.762 bits per heavy atom. The molecule has 0 saturated carbocycles. The Bertz CT molecular complexity index is 2350. The fourth-order valence-corrected chi connectivity index (χ4v) is 9.82. The largest absolute Gasteiger partial charge is 0.497 e. The van der Waals surface area contributed by atoms with Gasteiger partial charge in [-0.3, -0.25) is 4.79 Å². The van der Waals surface area contributed by atoms with Gasteiger partial charge in [0.15, 0.2) is 0 Å². The lowest BCUT2D eigenvalue weighted by Crippen LogP contribution is -2.24. The van der Waals surface area contributed by atoms with Gasteiger partial charge in [-0.15, -0.1) is 0 Å². The molecule has 0 aliphatic carbocycles. The molecule has 0 fully saturated rings. The van der Waals surface area contributed by atoms with Gasteiger partial charge in [0.1, 0.15) is 22.7 Å². The summed E-state index contributed by atoms with van der Waals surface area (Å²) in [5, 5.41) is 0. The van der Waals surface area contributed by atoms with Gasteiger partial charge < -0.3 is 14.2 Å². The Morgan fingerprint density at radius 1 is 0.307 bits per heavy atom. The maximum atomic E-state index is 11.4. The normalized spacial score (nSPS) is 12.0. The minimum atomic E-state index is -0.353. The van der Waals surface area contributed by atoms with Crippen LogP contribution in [0.4, 0.5) is 0 Å². The lowest BCUT2D eigenvalue weighted by atomic mass is 9.87. The first kappa shape index (κ1) is 109. The molecule has 101 heavy (non-hydrogen) atoms. The monoisotopic (exact) mass is 1460 g/mol. The Kier molecular flexibility index (Phi) is 57.9. The maximum absolute atomic E-state index is 11.4. The summed E-state index contributed by atoms with van der Waals surface area (Å²) in [4.78, 5) is 11.4. The number of esters is 1. The molecule has 0 unspecified atom stereocenters. The fraction of sp³-hybridized carbons (Fsp3) is 0.734. The van der Waals surface area contributed by atoms with Crippen LogP contribution in [0.2, 0.25) is 0 Å². The number of carbonyl (C=O) groups is 1. The minimum Gasteiger partial charge on any atom is -0.497 e. The number of benzene rings is 4. The molecular weight excluding hydrogens is 1290 g/mol. The second kappa shape index (κ2) is 53.7. The van der Waals surface area contributed by atoms with Crippen molar-refractivity contribution in [2.75, 3.05) is 41.6 Å². The average molecular weight is 1460 g/mol. The molecule has 0 aliphatic rings. The lowest BCUT2D eigenvalue weighted by Gasteiger charge is -2.21. The molecule has 4 aromatic rings. The summed E-state index contributed by atoms with van der Waals surface area (Å²) < 4.78 is 16.2. The number of rotatable bonds is 20. The molecular formula is C94H174O4S3. The smallest absolute Gasteiger partial charge is 0.307 e. The van der Waals surface area contributed by atoms with Gasteiger partial charge in [-0.2, -0.15) is 35.3 Å². The maximum Gasteiger partial charge on any atom is 0.307 e. The SMILES string of the molecule is CC(C)(C)C.CC(C)(C)C.CC(C)(C)C.CC(C)(C)C.CC(C)(C)C.CC(C)(C)CCCSCCC(=O)OC(C)(C)C.CC(C)(C)CCCSCCc1ccc(OC(C)(C)C)cc1.CC(C)(C)c1ccccc1.CC(C)(C)c1ccccc1.COc1ccc(CCSCCCC(C)(C)C)cc1. The highest BCUT2D eigenvalue weighted by Crippen LogP contribution is 2.27. The number of hydrogen-bond acceptors (Lipinski definition) is 7. The molecule has 0 aliphatic heterocycles. The third kappa shape index (κ3) is 116. The van der Waals surface area contributed by atoms with E-state index in [9.17, 15) is 4.79 Å². The number of methoxy groups -OCH3 is 1. The minimum absolute atomic E-state index is 0.0826. The van der Waals surface area contributed by atoms with Gasteiger partial charge in [0.05, 0.1) is 13.5 Å². The van der Waals surface area contributed by atoms with Gasteiger partial charge in [0.2, 0.25) is 0 Å². The number of carbonyl (C=O) groups excluding carboxylic acids is 1. The van der Waals surface area contributed by atoms with Gasteiger partial charge in [-0.25, -0.2) is 0 Å². The van der Waals surface area contributed by atoms with E-state index in [1.165, 1.54) is 83.8 Å². The van der Waals surface area contributed by atoms with Crippen LogP contribution in [0.5, 0.6) is 11.5 Å². The fourth-order valence-electron chi connectivity index (χ4n) is 7.09. The average Bonchev–Trinajstić information content (AvgIpc) is 0.899. The number of hydrogen-bond donors (Lipinski definition) is 0. The number of thioether (sulfide) groups is 3. The van der Waals surface area contributed by atoms with Crippen LogP contribution >= 0.6 is 35.3 Å². The van der Waals surface area contributed by atoms with E-state index in [4.69, 9.17) is 14.2 Å². The second-order valence-corrected chi connectivity index (χ2v) is 46.3. The molecule has 4 aromatic carbocycles. The summed E-state index contributed by atoms with van der Waals surface area (Å²) in [6, 6.07) is 38.1. The van der Waals surface area contributed by atoms with Crippen LogP contribution in [0.15, 0.2) is 109 Å². The second-order valence-electron chi connectivity index (χ2n) is 42.6. The quantitative estimate of drug-likeness (QED) is 0.0645. The predicted octanol–water partition coefficient (Wildman–Crippen LogP) is 31.3. The van der Waals surface area contributed by atoms with Crippen LogP contribution in [-0.2, 0) is 33.2 Å². The number of ether oxygens (including phenoxy) is 3. The molecule has 592 valence electrons. The van der Waals surface area contributed by atoms with Crippen molar-refractivity contribution in [2.45, 2.75) is 364 Å². The van der Waals surface area contributed by atoms with E-state index in [2.05, 4.69) is 384 Å². The van der Waals surface area contributed by atoms with E-state index in [1.54, 1.807) is 7.11 Å². The molecule has 0 N–H and O–H groups in total. The van der Waals surface area contributed by atoms with Crippen molar-refractivity contribution < 1.29 is 19.0 Å². The summed E-state index contributed by atoms with van der Waals surface area (Å²) in [5.41, 5.74) is 9.59. The van der Waals surface area contributed by atoms with Crippen LogP contribution in [0.1, 0.15) is 351 Å². The highest BCUT2D eigenvalue weighted by atomic mass is 32.2. The van der Waals surface area contributed by atoms with Crippen LogP contribution in [-0.4, -0.2) is 58.8 Å². The van der Waals surface area contributed by atoms with Crippen LogP contribution < -0.4 is 9.47 Å². The first-order chi connectivity index (χ1) is 45.0. The van der Waals surface area contributed by atoms with Crippen molar-refractivity contribution in [3.05, 3.63) is 131 Å². The van der Waals surface area contributed by atoms with E-state index in [0.717, 1.165) is 35.8 Å². The molecule has 4 rings (SSSR count). The molecule has 0 heterocycles. The van der Waals surface area contributed by atoms with Crippen molar-refractivity contribution in [3.8, 4) is 11.5 Å². The standard InChI is InChI=1S/C19H32OS.C16H26OS.C14H28O2S.2C10H14.5C5H12/c1-18(2,3)13-7-14-21-15-12-16-8-10-17(11-9-16)20-19(4,5)6;1-16(2,3)11-5-12-18-13-10-14-6-8-15(17-4)9-7-14;1-13(2,3)9-7-10-17-11-8-12(15)16-14(4,5)6;2*1-10(2,3)9-7-5-4-6-8-9;5*1-5(2,3)4/h8-11H,7,12-15H2,1-6H3;6-9H,5,10-13H2,1-4H3;7-11H2,1-6H3;2*4-8H,1-3H3;5*1-4H3. The summed E-state index contributed by atoms with van der Waals surface area (Å²) in [6.45, 7) is 89.7. The molecule has 0 bridgehead atoms. The first-order valence-electron chi connectivity index (χ1n) is 38.5. The van der Waals surface area contributed by atoms with E-state index in [-0.39, 0.29) is 17.2 Å². The summed E-state index contributed by atoms with van der Waals surface area (Å²) in [7, 11) is 1.71. The van der Waals surface area contributed by atoms with E-state index < -0.39 is 0 Å². The van der Waals surface area contributed by atoms with Crippen molar-refractivity contribution in [1.82, 2.24) is 0 Å². The molecule has 4 nitrogen and oxygen atoms in total. The van der Waals surface area contributed by atoms with Gasteiger partial charge in [-0.1, -0.05) is 327 Å². The Labute approximate surface area is 647 Å².